The predicted molar refractivity (Wildman–Crippen MR) is 70.5 cm³/mol. The molecule has 0 radical (unpaired) electrons. The van der Waals surface area contributed by atoms with Crippen LogP contribution in [-0.4, -0.2) is 53.3 Å². The van der Waals surface area contributed by atoms with E-state index in [1.165, 1.54) is 51.7 Å². The minimum absolute atomic E-state index is 0.530. The molecule has 100 valence electrons. The molecule has 5 rings (SSSR count). The molecule has 0 aromatic carbocycles. The van der Waals surface area contributed by atoms with Crippen LogP contribution < -0.4 is 0 Å². The highest BCUT2D eigenvalue weighted by atomic mass is 16.1. The lowest BCUT2D eigenvalue weighted by atomic mass is 9.76. The Hall–Kier alpha value is -0.410. The summed E-state index contributed by atoms with van der Waals surface area (Å²) in [4.78, 5) is 17.3. The number of rotatable bonds is 1. The first kappa shape index (κ1) is 11.4. The number of piperidine rings is 5. The van der Waals surface area contributed by atoms with Crippen molar-refractivity contribution in [2.75, 3.05) is 19.6 Å². The van der Waals surface area contributed by atoms with E-state index in [1.807, 2.05) is 0 Å². The van der Waals surface area contributed by atoms with E-state index in [1.54, 1.807) is 0 Å². The second kappa shape index (κ2) is 4.31. The Morgan fingerprint density at radius 2 is 1.61 bits per heavy atom. The summed E-state index contributed by atoms with van der Waals surface area (Å²) in [7, 11) is 0. The van der Waals surface area contributed by atoms with Crippen molar-refractivity contribution in [3.8, 4) is 0 Å². The second-order valence-electron chi connectivity index (χ2n) is 6.84. The third kappa shape index (κ3) is 1.75. The normalized spacial score (nSPS) is 48.4. The molecule has 3 atom stereocenters. The molecular weight excluding hydrogens is 224 g/mol. The molecule has 0 saturated carbocycles. The minimum atomic E-state index is 0.530. The number of fused-ring (bicyclic) bond motifs is 6. The summed E-state index contributed by atoms with van der Waals surface area (Å²) >= 11 is 0. The van der Waals surface area contributed by atoms with Gasteiger partial charge in [-0.3, -0.25) is 9.69 Å². The van der Waals surface area contributed by atoms with Crippen molar-refractivity contribution in [2.45, 2.75) is 63.1 Å². The maximum Gasteiger partial charge on any atom is 0.136 e. The molecule has 0 aliphatic carbocycles. The van der Waals surface area contributed by atoms with Gasteiger partial charge in [-0.05, 0) is 44.7 Å². The lowest BCUT2D eigenvalue weighted by Gasteiger charge is -2.56. The summed E-state index contributed by atoms with van der Waals surface area (Å²) < 4.78 is 0. The van der Waals surface area contributed by atoms with Gasteiger partial charge in [0.05, 0.1) is 0 Å². The van der Waals surface area contributed by atoms with Crippen LogP contribution in [0, 0.1) is 5.92 Å². The van der Waals surface area contributed by atoms with Crippen LogP contribution in [0.4, 0.5) is 0 Å². The van der Waals surface area contributed by atoms with Gasteiger partial charge >= 0.3 is 0 Å². The molecule has 5 saturated heterocycles. The van der Waals surface area contributed by atoms with Crippen LogP contribution in [0.3, 0.4) is 0 Å². The van der Waals surface area contributed by atoms with Gasteiger partial charge in [0.2, 0.25) is 0 Å². The van der Waals surface area contributed by atoms with Crippen molar-refractivity contribution in [3.63, 3.8) is 0 Å². The van der Waals surface area contributed by atoms with E-state index < -0.39 is 0 Å². The topological polar surface area (TPSA) is 23.6 Å². The summed E-state index contributed by atoms with van der Waals surface area (Å²) in [5.74, 6) is 1.45. The smallest absolute Gasteiger partial charge is 0.136 e. The van der Waals surface area contributed by atoms with Crippen LogP contribution in [0.5, 0.6) is 0 Å². The fourth-order valence-electron chi connectivity index (χ4n) is 5.02. The fourth-order valence-corrected chi connectivity index (χ4v) is 5.02. The van der Waals surface area contributed by atoms with Gasteiger partial charge in [0.25, 0.3) is 0 Å². The van der Waals surface area contributed by atoms with Crippen molar-refractivity contribution in [1.82, 2.24) is 9.80 Å². The van der Waals surface area contributed by atoms with Crippen molar-refractivity contribution in [3.05, 3.63) is 0 Å². The van der Waals surface area contributed by atoms with Gasteiger partial charge in [-0.15, -0.1) is 0 Å². The van der Waals surface area contributed by atoms with E-state index in [2.05, 4.69) is 9.80 Å². The van der Waals surface area contributed by atoms with E-state index in [0.717, 1.165) is 24.8 Å². The van der Waals surface area contributed by atoms with Crippen molar-refractivity contribution < 1.29 is 4.79 Å². The molecule has 5 aliphatic heterocycles. The number of hydrogen-bond acceptors (Lipinski definition) is 3. The summed E-state index contributed by atoms with van der Waals surface area (Å²) in [5.41, 5.74) is 0. The lowest BCUT2D eigenvalue weighted by molar-refractivity contribution is -0.133. The Bertz CT molecular complexity index is 332. The van der Waals surface area contributed by atoms with E-state index >= 15 is 0 Å². The highest BCUT2D eigenvalue weighted by molar-refractivity contribution is 5.80. The van der Waals surface area contributed by atoms with E-state index in [-0.39, 0.29) is 0 Å². The van der Waals surface area contributed by atoms with Crippen LogP contribution in [0.2, 0.25) is 0 Å². The zero-order valence-corrected chi connectivity index (χ0v) is 11.2. The van der Waals surface area contributed by atoms with Gasteiger partial charge in [-0.25, -0.2) is 0 Å². The molecule has 3 nitrogen and oxygen atoms in total. The van der Waals surface area contributed by atoms with Crippen LogP contribution in [0.25, 0.3) is 0 Å². The van der Waals surface area contributed by atoms with Gasteiger partial charge in [0.15, 0.2) is 0 Å². The molecule has 3 heteroatoms. The van der Waals surface area contributed by atoms with Crippen LogP contribution in [-0.2, 0) is 4.79 Å². The minimum Gasteiger partial charge on any atom is -0.302 e. The molecule has 18 heavy (non-hydrogen) atoms. The highest BCUT2D eigenvalue weighted by Crippen LogP contribution is 2.40. The summed E-state index contributed by atoms with van der Waals surface area (Å²) in [5, 5.41) is 0. The number of hydrogen-bond donors (Lipinski definition) is 0. The third-order valence-electron chi connectivity index (χ3n) is 5.85. The molecule has 0 aromatic heterocycles. The standard InChI is InChI=1S/C15H24N2O/c18-14-8-12-2-1-3-13(9-14)17(12)15-10-16-6-4-11(15)5-7-16/h11-13,15H,1-10H2. The molecule has 0 amide bonds. The highest BCUT2D eigenvalue weighted by Gasteiger charge is 2.46. The Labute approximate surface area is 110 Å². The molecule has 4 bridgehead atoms. The molecule has 0 spiro atoms. The average molecular weight is 248 g/mol. The zero-order valence-electron chi connectivity index (χ0n) is 11.2. The molecule has 0 aromatic rings. The Balaban J connectivity index is 1.58. The Morgan fingerprint density at radius 1 is 0.944 bits per heavy atom. The van der Waals surface area contributed by atoms with Gasteiger partial charge in [0, 0.05) is 37.5 Å². The van der Waals surface area contributed by atoms with E-state index in [9.17, 15) is 4.79 Å². The summed E-state index contributed by atoms with van der Waals surface area (Å²) in [6.07, 6.45) is 8.37. The SMILES string of the molecule is O=C1CC2CCCC(C1)N2C1CN2CCC1CC2. The summed E-state index contributed by atoms with van der Waals surface area (Å²) in [6.45, 7) is 3.93. The van der Waals surface area contributed by atoms with Gasteiger partial charge in [-0.2, -0.15) is 0 Å². The molecule has 5 aliphatic rings. The van der Waals surface area contributed by atoms with Gasteiger partial charge in [-0.1, -0.05) is 6.42 Å². The monoisotopic (exact) mass is 248 g/mol. The molecule has 5 heterocycles. The number of Topliss-reactive ketones (excluding diaryl/α,β-unsaturated/α-hetero) is 1. The molecule has 5 fully saturated rings. The van der Waals surface area contributed by atoms with Crippen LogP contribution >= 0.6 is 0 Å². The predicted octanol–water partition coefficient (Wildman–Crippen LogP) is 1.67. The first-order chi connectivity index (χ1) is 8.81. The second-order valence-corrected chi connectivity index (χ2v) is 6.84. The largest absolute Gasteiger partial charge is 0.302 e. The zero-order chi connectivity index (χ0) is 12.1. The van der Waals surface area contributed by atoms with E-state index in [0.29, 0.717) is 17.9 Å². The fraction of sp³-hybridized carbons (Fsp3) is 0.933. The maximum atomic E-state index is 11.8. The first-order valence-corrected chi connectivity index (χ1v) is 7.83. The number of carbonyl (C=O) groups excluding carboxylic acids is 1. The quantitative estimate of drug-likeness (QED) is 0.705. The van der Waals surface area contributed by atoms with Crippen molar-refractivity contribution in [2.24, 2.45) is 5.92 Å². The Kier molecular flexibility index (Phi) is 2.73. The first-order valence-electron chi connectivity index (χ1n) is 7.83. The third-order valence-corrected chi connectivity index (χ3v) is 5.85. The summed E-state index contributed by atoms with van der Waals surface area (Å²) in [6, 6.07) is 1.96. The van der Waals surface area contributed by atoms with Crippen LogP contribution in [0.15, 0.2) is 0 Å². The Morgan fingerprint density at radius 3 is 2.17 bits per heavy atom. The number of ketones is 1. The average Bonchev–Trinajstić information content (AvgIpc) is 2.39. The van der Waals surface area contributed by atoms with Gasteiger partial charge in [0.1, 0.15) is 5.78 Å². The number of carbonyl (C=O) groups is 1. The molecular formula is C15H24N2O. The lowest BCUT2D eigenvalue weighted by Crippen LogP contribution is -2.65. The number of nitrogens with zero attached hydrogens (tertiary/aromatic N) is 2. The molecule has 0 N–H and O–H groups in total. The van der Waals surface area contributed by atoms with E-state index in [4.69, 9.17) is 0 Å². The van der Waals surface area contributed by atoms with Crippen LogP contribution in [0.1, 0.15) is 44.9 Å². The van der Waals surface area contributed by atoms with Gasteiger partial charge < -0.3 is 4.90 Å². The molecule has 3 unspecified atom stereocenters. The van der Waals surface area contributed by atoms with Crippen molar-refractivity contribution >= 4 is 5.78 Å². The maximum absolute atomic E-state index is 11.8. The van der Waals surface area contributed by atoms with Crippen molar-refractivity contribution in [1.29, 1.82) is 0 Å².